The van der Waals surface area contributed by atoms with E-state index in [-0.39, 0.29) is 18.0 Å². The highest BCUT2D eigenvalue weighted by Gasteiger charge is 2.19. The number of aliphatic hydroxyl groups is 1. The normalized spacial score (nSPS) is 25.6. The molecule has 0 unspecified atom stereocenters. The van der Waals surface area contributed by atoms with Crippen molar-refractivity contribution < 1.29 is 14.9 Å². The lowest BCUT2D eigenvalue weighted by molar-refractivity contribution is -0.0118. The maximum atomic E-state index is 9.36. The summed E-state index contributed by atoms with van der Waals surface area (Å²) in [6.45, 7) is 0.584. The second-order valence-corrected chi connectivity index (χ2v) is 4.41. The Balaban J connectivity index is 1.77. The first-order valence-electron chi connectivity index (χ1n) is 5.81. The van der Waals surface area contributed by atoms with Crippen molar-refractivity contribution in [1.82, 2.24) is 0 Å². The van der Waals surface area contributed by atoms with Crippen LogP contribution in [0, 0.1) is 0 Å². The largest absolute Gasteiger partial charge is 0.508 e. The minimum Gasteiger partial charge on any atom is -0.508 e. The van der Waals surface area contributed by atoms with E-state index >= 15 is 0 Å². The number of ether oxygens (including phenoxy) is 1. The van der Waals surface area contributed by atoms with Crippen molar-refractivity contribution in [2.75, 3.05) is 0 Å². The van der Waals surface area contributed by atoms with Crippen LogP contribution in [0.5, 0.6) is 5.75 Å². The van der Waals surface area contributed by atoms with E-state index in [9.17, 15) is 5.11 Å². The molecule has 1 aromatic rings. The maximum absolute atomic E-state index is 9.36. The van der Waals surface area contributed by atoms with Gasteiger partial charge in [0.1, 0.15) is 5.75 Å². The third kappa shape index (κ3) is 3.22. The Morgan fingerprint density at radius 2 is 1.69 bits per heavy atom. The Labute approximate surface area is 95.7 Å². The molecule has 1 aliphatic carbocycles. The van der Waals surface area contributed by atoms with Crippen LogP contribution in [-0.2, 0) is 11.3 Å². The first-order chi connectivity index (χ1) is 7.74. The van der Waals surface area contributed by atoms with E-state index in [1.165, 1.54) is 0 Å². The van der Waals surface area contributed by atoms with Gasteiger partial charge in [0.2, 0.25) is 0 Å². The van der Waals surface area contributed by atoms with Crippen molar-refractivity contribution in [2.24, 2.45) is 0 Å². The van der Waals surface area contributed by atoms with E-state index in [2.05, 4.69) is 0 Å². The molecule has 3 nitrogen and oxygen atoms in total. The number of aromatic hydroxyl groups is 1. The van der Waals surface area contributed by atoms with Gasteiger partial charge >= 0.3 is 0 Å². The summed E-state index contributed by atoms with van der Waals surface area (Å²) in [6, 6.07) is 7.08. The molecule has 0 saturated heterocycles. The van der Waals surface area contributed by atoms with Crippen LogP contribution in [0.2, 0.25) is 0 Å². The Kier molecular flexibility index (Phi) is 3.80. The molecule has 1 fully saturated rings. The molecule has 2 rings (SSSR count). The summed E-state index contributed by atoms with van der Waals surface area (Å²) in [7, 11) is 0. The molecule has 3 heteroatoms. The fourth-order valence-corrected chi connectivity index (χ4v) is 2.02. The molecule has 88 valence electrons. The Morgan fingerprint density at radius 3 is 2.31 bits per heavy atom. The summed E-state index contributed by atoms with van der Waals surface area (Å²) in [5, 5.41) is 18.5. The summed E-state index contributed by atoms with van der Waals surface area (Å²) in [4.78, 5) is 0. The number of rotatable bonds is 3. The number of aliphatic hydroxyl groups excluding tert-OH is 1. The second-order valence-electron chi connectivity index (χ2n) is 4.41. The summed E-state index contributed by atoms with van der Waals surface area (Å²) in [5.41, 5.74) is 1.07. The van der Waals surface area contributed by atoms with Gasteiger partial charge in [0.15, 0.2) is 0 Å². The fourth-order valence-electron chi connectivity index (χ4n) is 2.02. The minimum atomic E-state index is -0.131. The van der Waals surface area contributed by atoms with Gasteiger partial charge in [0, 0.05) is 0 Å². The lowest BCUT2D eigenvalue weighted by Gasteiger charge is -2.25. The van der Waals surface area contributed by atoms with Crippen LogP contribution in [0.3, 0.4) is 0 Å². The van der Waals surface area contributed by atoms with Crippen molar-refractivity contribution in [3.8, 4) is 5.75 Å². The predicted molar refractivity (Wildman–Crippen MR) is 61.2 cm³/mol. The van der Waals surface area contributed by atoms with Crippen LogP contribution in [-0.4, -0.2) is 22.4 Å². The quantitative estimate of drug-likeness (QED) is 0.824. The number of benzene rings is 1. The minimum absolute atomic E-state index is 0.131. The maximum Gasteiger partial charge on any atom is 0.115 e. The van der Waals surface area contributed by atoms with E-state index in [1.807, 2.05) is 12.1 Å². The van der Waals surface area contributed by atoms with Crippen molar-refractivity contribution in [1.29, 1.82) is 0 Å². The van der Waals surface area contributed by atoms with Crippen molar-refractivity contribution >= 4 is 0 Å². The molecule has 0 heterocycles. The lowest BCUT2D eigenvalue weighted by Crippen LogP contribution is -2.24. The number of phenols is 1. The molecule has 1 aromatic carbocycles. The van der Waals surface area contributed by atoms with Gasteiger partial charge in [-0.3, -0.25) is 0 Å². The molecule has 0 radical (unpaired) electrons. The van der Waals surface area contributed by atoms with Crippen LogP contribution in [0.15, 0.2) is 24.3 Å². The third-order valence-electron chi connectivity index (χ3n) is 3.07. The van der Waals surface area contributed by atoms with E-state index in [0.717, 1.165) is 31.2 Å². The average Bonchev–Trinajstić information content (AvgIpc) is 2.30. The molecule has 2 N–H and O–H groups in total. The zero-order valence-electron chi connectivity index (χ0n) is 9.30. The predicted octanol–water partition coefficient (Wildman–Crippen LogP) is 2.21. The zero-order valence-corrected chi connectivity index (χ0v) is 9.30. The van der Waals surface area contributed by atoms with E-state index in [4.69, 9.17) is 9.84 Å². The molecular formula is C13H18O3. The fraction of sp³-hybridized carbons (Fsp3) is 0.538. The molecule has 0 bridgehead atoms. The number of phenolic OH excluding ortho intramolecular Hbond substituents is 1. The molecule has 0 aromatic heterocycles. The molecule has 16 heavy (non-hydrogen) atoms. The summed E-state index contributed by atoms with van der Waals surface area (Å²) in [6.07, 6.45) is 3.73. The highest BCUT2D eigenvalue weighted by atomic mass is 16.5. The molecule has 0 atom stereocenters. The Morgan fingerprint density at radius 1 is 1.06 bits per heavy atom. The standard InChI is InChI=1S/C13H18O3/c14-11-3-1-10(2-4-11)9-16-13-7-5-12(15)6-8-13/h1-4,12-15H,5-9H2. The average molecular weight is 222 g/mol. The van der Waals surface area contributed by atoms with E-state index < -0.39 is 0 Å². The van der Waals surface area contributed by atoms with Crippen LogP contribution in [0.1, 0.15) is 31.2 Å². The molecular weight excluding hydrogens is 204 g/mol. The van der Waals surface area contributed by atoms with Gasteiger partial charge in [0.05, 0.1) is 18.8 Å². The summed E-state index contributed by atoms with van der Waals surface area (Å²) < 4.78 is 5.76. The van der Waals surface area contributed by atoms with Crippen molar-refractivity contribution in [3.63, 3.8) is 0 Å². The van der Waals surface area contributed by atoms with Gasteiger partial charge < -0.3 is 14.9 Å². The highest BCUT2D eigenvalue weighted by Crippen LogP contribution is 2.22. The van der Waals surface area contributed by atoms with Gasteiger partial charge in [-0.05, 0) is 43.4 Å². The SMILES string of the molecule is Oc1ccc(COC2CCC(O)CC2)cc1. The van der Waals surface area contributed by atoms with Crippen LogP contribution >= 0.6 is 0 Å². The third-order valence-corrected chi connectivity index (χ3v) is 3.07. The van der Waals surface area contributed by atoms with Gasteiger partial charge in [-0.2, -0.15) is 0 Å². The Bertz CT molecular complexity index is 312. The first kappa shape index (κ1) is 11.4. The van der Waals surface area contributed by atoms with Crippen LogP contribution in [0.4, 0.5) is 0 Å². The highest BCUT2D eigenvalue weighted by molar-refractivity contribution is 5.25. The molecule has 0 aliphatic heterocycles. The molecule has 1 saturated carbocycles. The van der Waals surface area contributed by atoms with E-state index in [1.54, 1.807) is 12.1 Å². The Hall–Kier alpha value is -1.06. The summed E-state index contributed by atoms with van der Waals surface area (Å²) in [5.74, 6) is 0.282. The topological polar surface area (TPSA) is 49.7 Å². The van der Waals surface area contributed by atoms with Gasteiger partial charge in [-0.1, -0.05) is 12.1 Å². The first-order valence-corrected chi connectivity index (χ1v) is 5.81. The van der Waals surface area contributed by atoms with Gasteiger partial charge in [-0.25, -0.2) is 0 Å². The van der Waals surface area contributed by atoms with Crippen molar-refractivity contribution in [3.05, 3.63) is 29.8 Å². The molecule has 0 amide bonds. The number of hydrogen-bond acceptors (Lipinski definition) is 3. The lowest BCUT2D eigenvalue weighted by atomic mass is 9.95. The van der Waals surface area contributed by atoms with Crippen LogP contribution < -0.4 is 0 Å². The zero-order chi connectivity index (χ0) is 11.4. The smallest absolute Gasteiger partial charge is 0.115 e. The molecule has 1 aliphatic rings. The molecule has 0 spiro atoms. The second kappa shape index (κ2) is 5.32. The van der Waals surface area contributed by atoms with Gasteiger partial charge in [-0.15, -0.1) is 0 Å². The number of hydrogen-bond donors (Lipinski definition) is 2. The van der Waals surface area contributed by atoms with Gasteiger partial charge in [0.25, 0.3) is 0 Å². The van der Waals surface area contributed by atoms with Crippen LogP contribution in [0.25, 0.3) is 0 Å². The summed E-state index contributed by atoms with van der Waals surface area (Å²) >= 11 is 0. The van der Waals surface area contributed by atoms with E-state index in [0.29, 0.717) is 6.61 Å². The van der Waals surface area contributed by atoms with Crippen molar-refractivity contribution in [2.45, 2.75) is 44.5 Å². The monoisotopic (exact) mass is 222 g/mol.